The van der Waals surface area contributed by atoms with Gasteiger partial charge >= 0.3 is 0 Å². The van der Waals surface area contributed by atoms with Crippen LogP contribution >= 0.6 is 11.6 Å². The Kier molecular flexibility index (Phi) is 7.09. The number of aryl methyl sites for hydroxylation is 2. The van der Waals surface area contributed by atoms with Crippen LogP contribution in [0.25, 0.3) is 32.9 Å². The molecule has 2 aromatic heterocycles. The van der Waals surface area contributed by atoms with Crippen molar-refractivity contribution in [1.29, 1.82) is 0 Å². The number of hydrogen-bond donors (Lipinski definition) is 1. The number of likely N-dealkylation sites (N-methyl/N-ethyl adjacent to an activating group) is 1. The molecule has 11 heteroatoms. The lowest BCUT2D eigenvalue weighted by atomic mass is 9.94. The molecule has 9 nitrogen and oxygen atoms in total. The predicted molar refractivity (Wildman–Crippen MR) is 167 cm³/mol. The van der Waals surface area contributed by atoms with Gasteiger partial charge in [0.05, 0.1) is 16.2 Å². The van der Waals surface area contributed by atoms with Gasteiger partial charge in [0.2, 0.25) is 11.9 Å². The number of anilines is 2. The SMILES string of the molecule is C=CC(=O)N1C[C@H](C)N(c2nc(N3CC(N(C)C)C3)nc3c(F)c(-c4c(C)ccc5[nH]nc(C)c45)c(Cl)cc23)C[C@H]1C. The number of rotatable bonds is 5. The van der Waals surface area contributed by atoms with Crippen molar-refractivity contribution in [3.63, 3.8) is 0 Å². The Labute approximate surface area is 249 Å². The minimum absolute atomic E-state index is 0.0759. The van der Waals surface area contributed by atoms with Gasteiger partial charge in [0, 0.05) is 66.2 Å². The molecule has 4 aromatic rings. The van der Waals surface area contributed by atoms with Crippen LogP contribution < -0.4 is 9.80 Å². The van der Waals surface area contributed by atoms with Gasteiger partial charge in [0.15, 0.2) is 5.82 Å². The molecule has 0 aliphatic carbocycles. The molecule has 1 amide bonds. The first-order chi connectivity index (χ1) is 20.0. The topological polar surface area (TPSA) is 84.5 Å². The number of piperazine rings is 1. The number of halogens is 2. The summed E-state index contributed by atoms with van der Waals surface area (Å²) in [5.41, 5.74) is 3.73. The highest BCUT2D eigenvalue weighted by Crippen LogP contribution is 2.43. The van der Waals surface area contributed by atoms with Gasteiger partial charge < -0.3 is 19.6 Å². The van der Waals surface area contributed by atoms with Gasteiger partial charge in [0.25, 0.3) is 0 Å². The number of aromatic amines is 1. The van der Waals surface area contributed by atoms with Crippen molar-refractivity contribution in [3.05, 3.63) is 53.0 Å². The Bertz CT molecular complexity index is 1730. The van der Waals surface area contributed by atoms with E-state index in [4.69, 9.17) is 21.6 Å². The monoisotopic (exact) mass is 590 g/mol. The standard InChI is InChI=1S/C31H36ClFN8O/c1-8-24(42)40-12-18(4)41(13-17(40)3)30-21-11-22(32)27(25-16(2)9-10-23-26(25)19(5)36-37-23)28(33)29(21)34-31(35-30)39-14-20(15-39)38(6)7/h8-11,17-18,20H,1,12-15H2,2-7H3,(H,36,37)/t17-,18+/m1/s1. The number of carbonyl (C=O) groups excluding carboxylic acids is 1. The van der Waals surface area contributed by atoms with Crippen LogP contribution in [0, 0.1) is 19.7 Å². The van der Waals surface area contributed by atoms with E-state index < -0.39 is 5.82 Å². The lowest BCUT2D eigenvalue weighted by Gasteiger charge is -2.45. The number of carbonyl (C=O) groups is 1. The molecule has 0 unspecified atom stereocenters. The van der Waals surface area contributed by atoms with E-state index in [9.17, 15) is 4.79 Å². The van der Waals surface area contributed by atoms with Crippen LogP contribution in [0.4, 0.5) is 16.2 Å². The molecule has 4 heterocycles. The number of benzene rings is 2. The van der Waals surface area contributed by atoms with Gasteiger partial charge in [0.1, 0.15) is 11.3 Å². The van der Waals surface area contributed by atoms with E-state index >= 15 is 4.39 Å². The first kappa shape index (κ1) is 28.4. The van der Waals surface area contributed by atoms with Crippen LogP contribution in [-0.2, 0) is 4.79 Å². The molecule has 1 N–H and O–H groups in total. The Morgan fingerprint density at radius 1 is 1.12 bits per heavy atom. The first-order valence-corrected chi connectivity index (χ1v) is 14.6. The maximum Gasteiger partial charge on any atom is 0.246 e. The molecule has 2 saturated heterocycles. The van der Waals surface area contributed by atoms with Crippen LogP contribution in [0.5, 0.6) is 0 Å². The number of nitrogens with zero attached hydrogens (tertiary/aromatic N) is 7. The van der Waals surface area contributed by atoms with Crippen molar-refractivity contribution in [2.24, 2.45) is 0 Å². The zero-order chi connectivity index (χ0) is 30.0. The molecule has 0 radical (unpaired) electrons. The van der Waals surface area contributed by atoms with Gasteiger partial charge in [-0.05, 0) is 65.6 Å². The summed E-state index contributed by atoms with van der Waals surface area (Å²) in [5.74, 6) is 0.525. The number of nitrogens with one attached hydrogen (secondary N) is 1. The summed E-state index contributed by atoms with van der Waals surface area (Å²) in [6.45, 7) is 14.1. The molecule has 2 aliphatic rings. The summed E-state index contributed by atoms with van der Waals surface area (Å²) in [7, 11) is 4.10. The van der Waals surface area contributed by atoms with Gasteiger partial charge in [-0.1, -0.05) is 24.2 Å². The number of fused-ring (bicyclic) bond motifs is 2. The van der Waals surface area contributed by atoms with Crippen molar-refractivity contribution in [1.82, 2.24) is 30.0 Å². The first-order valence-electron chi connectivity index (χ1n) is 14.3. The molecular formula is C31H36ClFN8O. The third kappa shape index (κ3) is 4.48. The van der Waals surface area contributed by atoms with E-state index in [0.29, 0.717) is 47.4 Å². The fourth-order valence-electron chi connectivity index (χ4n) is 6.25. The zero-order valence-electron chi connectivity index (χ0n) is 24.9. The minimum atomic E-state index is -0.482. The minimum Gasteiger partial charge on any atom is -0.349 e. The second-order valence-electron chi connectivity index (χ2n) is 11.8. The fourth-order valence-corrected chi connectivity index (χ4v) is 6.53. The van der Waals surface area contributed by atoms with Crippen LogP contribution in [-0.4, -0.2) is 94.3 Å². The lowest BCUT2D eigenvalue weighted by molar-refractivity contribution is -0.128. The molecule has 220 valence electrons. The van der Waals surface area contributed by atoms with Crippen molar-refractivity contribution in [2.45, 2.75) is 45.8 Å². The quantitative estimate of drug-likeness (QED) is 0.329. The van der Waals surface area contributed by atoms with Gasteiger partial charge in [-0.3, -0.25) is 9.89 Å². The molecule has 2 aromatic carbocycles. The van der Waals surface area contributed by atoms with Crippen LogP contribution in [0.1, 0.15) is 25.1 Å². The molecule has 2 atom stereocenters. The molecule has 42 heavy (non-hydrogen) atoms. The van der Waals surface area contributed by atoms with E-state index in [1.54, 1.807) is 6.07 Å². The summed E-state index contributed by atoms with van der Waals surface area (Å²) < 4.78 is 17.0. The van der Waals surface area contributed by atoms with Crippen LogP contribution in [0.3, 0.4) is 0 Å². The Hall–Kier alpha value is -3.76. The van der Waals surface area contributed by atoms with Crippen molar-refractivity contribution >= 4 is 51.1 Å². The summed E-state index contributed by atoms with van der Waals surface area (Å²) in [5, 5.41) is 9.08. The predicted octanol–water partition coefficient (Wildman–Crippen LogP) is 4.94. The van der Waals surface area contributed by atoms with E-state index in [1.165, 1.54) is 6.08 Å². The molecule has 2 aliphatic heterocycles. The van der Waals surface area contributed by atoms with Crippen molar-refractivity contribution in [3.8, 4) is 11.1 Å². The Morgan fingerprint density at radius 2 is 1.86 bits per heavy atom. The third-order valence-corrected chi connectivity index (χ3v) is 9.11. The number of H-pyrrole nitrogens is 1. The average Bonchev–Trinajstić information content (AvgIpc) is 3.30. The molecule has 0 bridgehead atoms. The van der Waals surface area contributed by atoms with E-state index in [2.05, 4.69) is 45.6 Å². The van der Waals surface area contributed by atoms with Crippen LogP contribution in [0.15, 0.2) is 30.9 Å². The van der Waals surface area contributed by atoms with Gasteiger partial charge in [-0.15, -0.1) is 0 Å². The van der Waals surface area contributed by atoms with Crippen molar-refractivity contribution < 1.29 is 9.18 Å². The summed E-state index contributed by atoms with van der Waals surface area (Å²) in [6.07, 6.45) is 1.35. The summed E-state index contributed by atoms with van der Waals surface area (Å²) >= 11 is 6.96. The highest BCUT2D eigenvalue weighted by molar-refractivity contribution is 6.35. The molecule has 6 rings (SSSR count). The summed E-state index contributed by atoms with van der Waals surface area (Å²) in [4.78, 5) is 30.6. The molecular weight excluding hydrogens is 555 g/mol. The molecule has 2 fully saturated rings. The van der Waals surface area contributed by atoms with E-state index in [1.807, 2.05) is 44.7 Å². The number of hydrogen-bond acceptors (Lipinski definition) is 7. The van der Waals surface area contributed by atoms with E-state index in [0.717, 1.165) is 35.2 Å². The lowest BCUT2D eigenvalue weighted by Crippen LogP contribution is -2.59. The van der Waals surface area contributed by atoms with Crippen molar-refractivity contribution in [2.75, 3.05) is 50.1 Å². The zero-order valence-corrected chi connectivity index (χ0v) is 25.6. The normalized spacial score (nSPS) is 19.7. The maximum atomic E-state index is 17.0. The number of amides is 1. The van der Waals surface area contributed by atoms with Crippen LogP contribution in [0.2, 0.25) is 5.02 Å². The molecule has 0 spiro atoms. The Morgan fingerprint density at radius 3 is 2.55 bits per heavy atom. The highest BCUT2D eigenvalue weighted by Gasteiger charge is 2.36. The molecule has 0 saturated carbocycles. The second-order valence-corrected chi connectivity index (χ2v) is 12.3. The Balaban J connectivity index is 1.55. The van der Waals surface area contributed by atoms with Gasteiger partial charge in [-0.25, -0.2) is 9.37 Å². The second kappa shape index (κ2) is 10.5. The third-order valence-electron chi connectivity index (χ3n) is 8.81. The largest absolute Gasteiger partial charge is 0.349 e. The fraction of sp³-hybridized carbons (Fsp3) is 0.419. The summed E-state index contributed by atoms with van der Waals surface area (Å²) in [6, 6.07) is 5.89. The highest BCUT2D eigenvalue weighted by atomic mass is 35.5. The smallest absolute Gasteiger partial charge is 0.246 e. The number of aromatic nitrogens is 4. The van der Waals surface area contributed by atoms with E-state index in [-0.39, 0.29) is 28.5 Å². The average molecular weight is 591 g/mol. The van der Waals surface area contributed by atoms with Gasteiger partial charge in [-0.2, -0.15) is 10.1 Å². The maximum absolute atomic E-state index is 17.0.